The fourth-order valence-electron chi connectivity index (χ4n) is 2.92. The van der Waals surface area contributed by atoms with Crippen molar-refractivity contribution in [1.82, 2.24) is 10.2 Å². The SMILES string of the molecule is Cc1ccc(CN(C(=O)CSCc2ccc(Cl)cc2Cl)[C@H](C)C(=O)NC(C)(C)C)cc1. The van der Waals surface area contributed by atoms with E-state index in [0.29, 0.717) is 22.3 Å². The summed E-state index contributed by atoms with van der Waals surface area (Å²) in [5, 5.41) is 4.14. The van der Waals surface area contributed by atoms with E-state index < -0.39 is 6.04 Å². The third-order valence-electron chi connectivity index (χ3n) is 4.64. The molecule has 0 bridgehead atoms. The van der Waals surface area contributed by atoms with E-state index in [4.69, 9.17) is 23.2 Å². The molecule has 2 rings (SSSR count). The van der Waals surface area contributed by atoms with E-state index in [-0.39, 0.29) is 23.1 Å². The lowest BCUT2D eigenvalue weighted by atomic mass is 10.1. The molecule has 168 valence electrons. The number of carbonyl (C=O) groups excluding carboxylic acids is 2. The summed E-state index contributed by atoms with van der Waals surface area (Å²) < 4.78 is 0. The van der Waals surface area contributed by atoms with E-state index in [2.05, 4.69) is 5.32 Å². The summed E-state index contributed by atoms with van der Waals surface area (Å²) in [6.45, 7) is 9.94. The van der Waals surface area contributed by atoms with E-state index in [1.165, 1.54) is 11.8 Å². The van der Waals surface area contributed by atoms with Gasteiger partial charge in [0, 0.05) is 27.9 Å². The molecule has 0 saturated heterocycles. The highest BCUT2D eigenvalue weighted by atomic mass is 35.5. The Morgan fingerprint density at radius 2 is 1.74 bits per heavy atom. The van der Waals surface area contributed by atoms with Gasteiger partial charge in [0.1, 0.15) is 6.04 Å². The maximum Gasteiger partial charge on any atom is 0.242 e. The molecule has 0 fully saturated rings. The second-order valence-corrected chi connectivity index (χ2v) is 10.5. The first-order valence-electron chi connectivity index (χ1n) is 10.1. The van der Waals surface area contributed by atoms with Crippen LogP contribution in [-0.4, -0.2) is 34.0 Å². The number of hydrogen-bond donors (Lipinski definition) is 1. The smallest absolute Gasteiger partial charge is 0.242 e. The molecule has 1 atom stereocenters. The standard InChI is InChI=1S/C24H30Cl2N2O2S/c1-16-6-8-18(9-7-16)13-28(17(2)23(30)27-24(3,4)5)22(29)15-31-14-19-10-11-20(25)12-21(19)26/h6-12,17H,13-15H2,1-5H3,(H,27,30)/t17-/m1/s1. The van der Waals surface area contributed by atoms with Gasteiger partial charge in [0.05, 0.1) is 5.75 Å². The van der Waals surface area contributed by atoms with E-state index >= 15 is 0 Å². The van der Waals surface area contributed by atoms with Crippen LogP contribution in [-0.2, 0) is 21.9 Å². The average Bonchev–Trinajstić information content (AvgIpc) is 2.67. The summed E-state index contributed by atoms with van der Waals surface area (Å²) in [7, 11) is 0. The zero-order valence-electron chi connectivity index (χ0n) is 18.7. The largest absolute Gasteiger partial charge is 0.350 e. The Morgan fingerprint density at radius 3 is 2.32 bits per heavy atom. The van der Waals surface area contributed by atoms with Crippen LogP contribution in [0.15, 0.2) is 42.5 Å². The molecule has 0 aliphatic carbocycles. The van der Waals surface area contributed by atoms with Crippen molar-refractivity contribution in [2.75, 3.05) is 5.75 Å². The van der Waals surface area contributed by atoms with Crippen molar-refractivity contribution in [2.45, 2.75) is 58.5 Å². The topological polar surface area (TPSA) is 49.4 Å². The van der Waals surface area contributed by atoms with Crippen molar-refractivity contribution in [1.29, 1.82) is 0 Å². The molecule has 0 saturated carbocycles. The highest BCUT2D eigenvalue weighted by Crippen LogP contribution is 2.25. The van der Waals surface area contributed by atoms with Crippen LogP contribution in [0.4, 0.5) is 0 Å². The molecule has 0 aliphatic heterocycles. The number of nitrogens with zero attached hydrogens (tertiary/aromatic N) is 1. The summed E-state index contributed by atoms with van der Waals surface area (Å²) in [6, 6.07) is 12.8. The molecule has 0 heterocycles. The molecular formula is C24H30Cl2N2O2S. The zero-order valence-corrected chi connectivity index (χ0v) is 21.0. The van der Waals surface area contributed by atoms with E-state index in [1.54, 1.807) is 24.0 Å². The molecule has 4 nitrogen and oxygen atoms in total. The molecule has 0 radical (unpaired) electrons. The van der Waals surface area contributed by atoms with Crippen molar-refractivity contribution in [2.24, 2.45) is 0 Å². The second kappa shape index (κ2) is 11.3. The number of aryl methyl sites for hydroxylation is 1. The number of nitrogens with one attached hydrogen (secondary N) is 1. The van der Waals surface area contributed by atoms with Gasteiger partial charge in [-0.15, -0.1) is 11.8 Å². The first-order valence-corrected chi connectivity index (χ1v) is 12.1. The van der Waals surface area contributed by atoms with Gasteiger partial charge in [0.15, 0.2) is 0 Å². The summed E-state index contributed by atoms with van der Waals surface area (Å²) in [6.07, 6.45) is 0. The van der Waals surface area contributed by atoms with E-state index in [0.717, 1.165) is 16.7 Å². The molecule has 0 spiro atoms. The Labute approximate surface area is 199 Å². The maximum absolute atomic E-state index is 13.1. The Hall–Kier alpha value is -1.69. The second-order valence-electron chi connectivity index (χ2n) is 8.65. The minimum Gasteiger partial charge on any atom is -0.350 e. The summed E-state index contributed by atoms with van der Waals surface area (Å²) in [5.41, 5.74) is 2.69. The van der Waals surface area contributed by atoms with Gasteiger partial charge in [-0.05, 0) is 57.9 Å². The Kier molecular flexibility index (Phi) is 9.28. The minimum atomic E-state index is -0.590. The van der Waals surface area contributed by atoms with Crippen LogP contribution in [0.1, 0.15) is 44.4 Å². The van der Waals surface area contributed by atoms with Crippen LogP contribution in [0.3, 0.4) is 0 Å². The summed E-state index contributed by atoms with van der Waals surface area (Å²) in [4.78, 5) is 27.5. The lowest BCUT2D eigenvalue weighted by molar-refractivity contribution is -0.139. The van der Waals surface area contributed by atoms with Crippen molar-refractivity contribution in [3.63, 3.8) is 0 Å². The lowest BCUT2D eigenvalue weighted by Gasteiger charge is -2.31. The van der Waals surface area contributed by atoms with Crippen LogP contribution >= 0.6 is 35.0 Å². The van der Waals surface area contributed by atoms with Crippen LogP contribution in [0, 0.1) is 6.92 Å². The molecule has 0 aromatic heterocycles. The zero-order chi connectivity index (χ0) is 23.2. The fraction of sp³-hybridized carbons (Fsp3) is 0.417. The third-order valence-corrected chi connectivity index (χ3v) is 6.19. The van der Waals surface area contributed by atoms with Crippen molar-refractivity contribution < 1.29 is 9.59 Å². The van der Waals surface area contributed by atoms with Gasteiger partial charge in [0.2, 0.25) is 11.8 Å². The van der Waals surface area contributed by atoms with Crippen molar-refractivity contribution >= 4 is 46.8 Å². The highest BCUT2D eigenvalue weighted by molar-refractivity contribution is 7.99. The van der Waals surface area contributed by atoms with Gasteiger partial charge in [-0.1, -0.05) is 59.1 Å². The van der Waals surface area contributed by atoms with E-state index in [1.807, 2.05) is 58.0 Å². The molecule has 0 aliphatic rings. The third kappa shape index (κ3) is 8.40. The number of rotatable bonds is 8. The Bertz CT molecular complexity index is 911. The Balaban J connectivity index is 2.10. The van der Waals surface area contributed by atoms with E-state index in [9.17, 15) is 9.59 Å². The first kappa shape index (κ1) is 25.6. The van der Waals surface area contributed by atoms with Crippen LogP contribution in [0.2, 0.25) is 10.0 Å². The van der Waals surface area contributed by atoms with Crippen molar-refractivity contribution in [3.8, 4) is 0 Å². The maximum atomic E-state index is 13.1. The van der Waals surface area contributed by atoms with Gasteiger partial charge in [-0.3, -0.25) is 9.59 Å². The van der Waals surface area contributed by atoms with Crippen LogP contribution in [0.5, 0.6) is 0 Å². The molecule has 2 aromatic carbocycles. The average molecular weight is 481 g/mol. The van der Waals surface area contributed by atoms with Gasteiger partial charge in [0.25, 0.3) is 0 Å². The van der Waals surface area contributed by atoms with Crippen LogP contribution < -0.4 is 5.32 Å². The predicted molar refractivity (Wildman–Crippen MR) is 132 cm³/mol. The molecule has 1 N–H and O–H groups in total. The molecule has 31 heavy (non-hydrogen) atoms. The van der Waals surface area contributed by atoms with Gasteiger partial charge >= 0.3 is 0 Å². The number of carbonyl (C=O) groups is 2. The molecule has 0 unspecified atom stereocenters. The van der Waals surface area contributed by atoms with Gasteiger partial charge < -0.3 is 10.2 Å². The fourth-order valence-corrected chi connectivity index (χ4v) is 4.39. The highest BCUT2D eigenvalue weighted by Gasteiger charge is 2.28. The molecule has 7 heteroatoms. The monoisotopic (exact) mass is 480 g/mol. The number of benzene rings is 2. The van der Waals surface area contributed by atoms with Crippen molar-refractivity contribution in [3.05, 3.63) is 69.2 Å². The lowest BCUT2D eigenvalue weighted by Crippen LogP contribution is -2.52. The predicted octanol–water partition coefficient (Wildman–Crippen LogP) is 5.87. The first-order chi connectivity index (χ1) is 14.5. The number of thioether (sulfide) groups is 1. The molecule has 2 amide bonds. The summed E-state index contributed by atoms with van der Waals surface area (Å²) >= 11 is 13.7. The quantitative estimate of drug-likeness (QED) is 0.513. The molecular weight excluding hydrogens is 451 g/mol. The summed E-state index contributed by atoms with van der Waals surface area (Å²) in [5.74, 6) is 0.576. The molecule has 2 aromatic rings. The number of halogens is 2. The number of amides is 2. The van der Waals surface area contributed by atoms with Crippen LogP contribution in [0.25, 0.3) is 0 Å². The van der Waals surface area contributed by atoms with Gasteiger partial charge in [-0.2, -0.15) is 0 Å². The van der Waals surface area contributed by atoms with Gasteiger partial charge in [-0.25, -0.2) is 0 Å². The Morgan fingerprint density at radius 1 is 1.10 bits per heavy atom. The minimum absolute atomic E-state index is 0.0905. The number of hydrogen-bond acceptors (Lipinski definition) is 3. The normalized spacial score (nSPS) is 12.4.